The fourth-order valence-electron chi connectivity index (χ4n) is 3.76. The van der Waals surface area contributed by atoms with Gasteiger partial charge in [-0.05, 0) is 48.9 Å². The van der Waals surface area contributed by atoms with Crippen LogP contribution in [-0.2, 0) is 0 Å². The van der Waals surface area contributed by atoms with E-state index in [4.69, 9.17) is 0 Å². The molecule has 90 valence electrons. The van der Waals surface area contributed by atoms with Crippen LogP contribution in [-0.4, -0.2) is 0 Å². The Bertz CT molecular complexity index is 287. The summed E-state index contributed by atoms with van der Waals surface area (Å²) in [7, 11) is 0. The van der Waals surface area contributed by atoms with E-state index in [1.807, 2.05) is 0 Å². The van der Waals surface area contributed by atoms with Gasteiger partial charge in [-0.15, -0.1) is 11.8 Å². The first-order valence-corrected chi connectivity index (χ1v) is 7.12. The van der Waals surface area contributed by atoms with Crippen LogP contribution in [0.25, 0.3) is 0 Å². The molecule has 0 N–H and O–H groups in total. The van der Waals surface area contributed by atoms with Gasteiger partial charge in [-0.1, -0.05) is 27.2 Å². The Morgan fingerprint density at radius 2 is 2.00 bits per heavy atom. The lowest BCUT2D eigenvalue weighted by Gasteiger charge is -2.60. The van der Waals surface area contributed by atoms with Gasteiger partial charge in [0.15, 0.2) is 0 Å². The van der Waals surface area contributed by atoms with Crippen molar-refractivity contribution < 1.29 is 0 Å². The molecule has 0 saturated heterocycles. The molecule has 3 rings (SSSR count). The molecule has 0 heteroatoms. The highest BCUT2D eigenvalue weighted by Gasteiger charge is 2.53. The second kappa shape index (κ2) is 4.82. The molecule has 0 amide bonds. The molecule has 16 heavy (non-hydrogen) atoms. The van der Waals surface area contributed by atoms with Crippen LogP contribution in [0.5, 0.6) is 0 Å². The third-order valence-corrected chi connectivity index (χ3v) is 5.15. The second-order valence-corrected chi connectivity index (χ2v) is 6.36. The molecule has 3 aliphatic carbocycles. The molecule has 0 aliphatic heterocycles. The Hall–Kier alpha value is -0.440. The van der Waals surface area contributed by atoms with Crippen LogP contribution in [0.1, 0.15) is 65.7 Å². The molecule has 0 spiro atoms. The maximum atomic E-state index is 3.43. The minimum absolute atomic E-state index is 0.633. The van der Waals surface area contributed by atoms with E-state index in [1.165, 1.54) is 38.5 Å². The summed E-state index contributed by atoms with van der Waals surface area (Å²) in [6.07, 6.45) is 9.23. The lowest BCUT2D eigenvalue weighted by atomic mass is 9.45. The lowest BCUT2D eigenvalue weighted by molar-refractivity contribution is -0.103. The Balaban J connectivity index is 1.79. The Kier molecular flexibility index (Phi) is 3.63. The standard InChI is InChI=1S/C16H26/c1-4-5-6-7-8-9-13-10-11-14-12-15(13)16(14,2)3/h13-15H,4-6,9-12H2,1-3H3/t13-,14+,15+/m1/s1. The fraction of sp³-hybridized carbons (Fsp3) is 0.875. The average molecular weight is 218 g/mol. The second-order valence-electron chi connectivity index (χ2n) is 6.36. The van der Waals surface area contributed by atoms with E-state index in [9.17, 15) is 0 Å². The SMILES string of the molecule is CCCCC#CC[C@@H]1CC[C@H]2C[C@@H]1C2(C)C. The molecule has 0 nitrogen and oxygen atoms in total. The molecular formula is C16H26. The molecule has 0 heterocycles. The van der Waals surface area contributed by atoms with Gasteiger partial charge in [0.25, 0.3) is 0 Å². The molecule has 0 aromatic carbocycles. The highest BCUT2D eigenvalue weighted by molar-refractivity contribution is 5.08. The normalized spacial score (nSPS) is 34.8. The Labute approximate surface area is 101 Å². The summed E-state index contributed by atoms with van der Waals surface area (Å²) in [5.74, 6) is 9.70. The van der Waals surface area contributed by atoms with E-state index in [1.54, 1.807) is 0 Å². The predicted octanol–water partition coefficient (Wildman–Crippen LogP) is 4.64. The van der Waals surface area contributed by atoms with E-state index in [-0.39, 0.29) is 0 Å². The minimum Gasteiger partial charge on any atom is -0.103 e. The van der Waals surface area contributed by atoms with Crippen molar-refractivity contribution in [2.75, 3.05) is 0 Å². The summed E-state index contributed by atoms with van der Waals surface area (Å²) in [6, 6.07) is 0. The van der Waals surface area contributed by atoms with Crippen LogP contribution in [0.3, 0.4) is 0 Å². The molecule has 3 aliphatic rings. The zero-order valence-electron chi connectivity index (χ0n) is 11.2. The zero-order chi connectivity index (χ0) is 11.6. The van der Waals surface area contributed by atoms with Crippen molar-refractivity contribution in [2.24, 2.45) is 23.2 Å². The van der Waals surface area contributed by atoms with Crippen molar-refractivity contribution in [3.8, 4) is 11.8 Å². The van der Waals surface area contributed by atoms with E-state index >= 15 is 0 Å². The Morgan fingerprint density at radius 3 is 2.62 bits per heavy atom. The molecular weight excluding hydrogens is 192 g/mol. The molecule has 3 saturated carbocycles. The van der Waals surface area contributed by atoms with Gasteiger partial charge in [-0.3, -0.25) is 0 Å². The van der Waals surface area contributed by atoms with Crippen molar-refractivity contribution in [3.05, 3.63) is 0 Å². The van der Waals surface area contributed by atoms with Gasteiger partial charge >= 0.3 is 0 Å². The maximum absolute atomic E-state index is 3.43. The summed E-state index contributed by atoms with van der Waals surface area (Å²) >= 11 is 0. The van der Waals surface area contributed by atoms with Crippen LogP contribution >= 0.6 is 0 Å². The zero-order valence-corrected chi connectivity index (χ0v) is 11.2. The number of unbranched alkanes of at least 4 members (excludes halogenated alkanes) is 2. The average Bonchev–Trinajstić information content (AvgIpc) is 2.29. The molecule has 3 atom stereocenters. The first kappa shape index (κ1) is 12.0. The monoisotopic (exact) mass is 218 g/mol. The van der Waals surface area contributed by atoms with Gasteiger partial charge in [0, 0.05) is 12.8 Å². The van der Waals surface area contributed by atoms with Crippen LogP contribution in [0.2, 0.25) is 0 Å². The molecule has 0 aromatic rings. The molecule has 0 radical (unpaired) electrons. The van der Waals surface area contributed by atoms with Crippen molar-refractivity contribution in [1.82, 2.24) is 0 Å². The molecule has 0 aromatic heterocycles. The molecule has 0 unspecified atom stereocenters. The third-order valence-electron chi connectivity index (χ3n) is 5.15. The van der Waals surface area contributed by atoms with Gasteiger partial charge < -0.3 is 0 Å². The van der Waals surface area contributed by atoms with Crippen LogP contribution in [0.4, 0.5) is 0 Å². The number of hydrogen-bond donors (Lipinski definition) is 0. The van der Waals surface area contributed by atoms with Gasteiger partial charge in [0.1, 0.15) is 0 Å². The highest BCUT2D eigenvalue weighted by atomic mass is 14.6. The largest absolute Gasteiger partial charge is 0.103 e. The van der Waals surface area contributed by atoms with Gasteiger partial charge in [0.2, 0.25) is 0 Å². The maximum Gasteiger partial charge on any atom is 0.0120 e. The van der Waals surface area contributed by atoms with Crippen molar-refractivity contribution >= 4 is 0 Å². The number of hydrogen-bond acceptors (Lipinski definition) is 0. The van der Waals surface area contributed by atoms with Crippen molar-refractivity contribution in [3.63, 3.8) is 0 Å². The van der Waals surface area contributed by atoms with Crippen molar-refractivity contribution in [1.29, 1.82) is 0 Å². The van der Waals surface area contributed by atoms with E-state index in [0.717, 1.165) is 24.2 Å². The lowest BCUT2D eigenvalue weighted by Crippen LogP contribution is -2.52. The summed E-state index contributed by atoms with van der Waals surface area (Å²) in [5, 5.41) is 0. The van der Waals surface area contributed by atoms with Gasteiger partial charge in [-0.2, -0.15) is 0 Å². The first-order chi connectivity index (χ1) is 7.66. The van der Waals surface area contributed by atoms with E-state index in [0.29, 0.717) is 5.41 Å². The minimum atomic E-state index is 0.633. The number of fused-ring (bicyclic) bond motifs is 2. The number of rotatable bonds is 3. The van der Waals surface area contributed by atoms with Gasteiger partial charge in [-0.25, -0.2) is 0 Å². The molecule has 3 fully saturated rings. The van der Waals surface area contributed by atoms with E-state index in [2.05, 4.69) is 32.6 Å². The van der Waals surface area contributed by atoms with Crippen molar-refractivity contribution in [2.45, 2.75) is 65.7 Å². The van der Waals surface area contributed by atoms with Crippen LogP contribution < -0.4 is 0 Å². The van der Waals surface area contributed by atoms with Crippen LogP contribution in [0.15, 0.2) is 0 Å². The fourth-order valence-corrected chi connectivity index (χ4v) is 3.76. The summed E-state index contributed by atoms with van der Waals surface area (Å²) in [5.41, 5.74) is 0.633. The quantitative estimate of drug-likeness (QED) is 0.478. The topological polar surface area (TPSA) is 0 Å². The smallest absolute Gasteiger partial charge is 0.0120 e. The summed E-state index contributed by atoms with van der Waals surface area (Å²) in [4.78, 5) is 0. The van der Waals surface area contributed by atoms with Crippen LogP contribution in [0, 0.1) is 35.0 Å². The first-order valence-electron chi connectivity index (χ1n) is 7.12. The predicted molar refractivity (Wildman–Crippen MR) is 70.0 cm³/mol. The highest BCUT2D eigenvalue weighted by Crippen LogP contribution is 2.61. The summed E-state index contributed by atoms with van der Waals surface area (Å²) in [6.45, 7) is 7.19. The molecule has 2 bridgehead atoms. The summed E-state index contributed by atoms with van der Waals surface area (Å²) < 4.78 is 0. The van der Waals surface area contributed by atoms with Gasteiger partial charge in [0.05, 0.1) is 0 Å². The third kappa shape index (κ3) is 2.15. The van der Waals surface area contributed by atoms with E-state index < -0.39 is 0 Å². The Morgan fingerprint density at radius 1 is 1.19 bits per heavy atom.